The Balaban J connectivity index is 1.92. The molecule has 0 bridgehead atoms. The van der Waals surface area contributed by atoms with E-state index in [1.807, 2.05) is 19.1 Å². The number of carboxylic acids is 1. The summed E-state index contributed by atoms with van der Waals surface area (Å²) in [7, 11) is 0. The van der Waals surface area contributed by atoms with Crippen LogP contribution in [0.4, 0.5) is 0 Å². The van der Waals surface area contributed by atoms with Crippen molar-refractivity contribution in [2.45, 2.75) is 13.7 Å². The zero-order valence-electron chi connectivity index (χ0n) is 10.4. The molecule has 0 radical (unpaired) electrons. The van der Waals surface area contributed by atoms with Crippen LogP contribution in [0.2, 0.25) is 0 Å². The van der Waals surface area contributed by atoms with Gasteiger partial charge in [0.05, 0.1) is 6.61 Å². The van der Waals surface area contributed by atoms with Gasteiger partial charge >= 0.3 is 5.97 Å². The molecule has 0 fully saturated rings. The van der Waals surface area contributed by atoms with Crippen molar-refractivity contribution in [3.63, 3.8) is 0 Å². The molecule has 0 amide bonds. The molecule has 0 atom stereocenters. The van der Waals surface area contributed by atoms with Gasteiger partial charge in [0.25, 0.3) is 0 Å². The summed E-state index contributed by atoms with van der Waals surface area (Å²) < 4.78 is 12.2. The minimum Gasteiger partial charge on any atom is -0.494 e. The predicted octanol–water partition coefficient (Wildman–Crippen LogP) is 2.02. The molecule has 0 unspecified atom stereocenters. The highest BCUT2D eigenvalue weighted by Crippen LogP contribution is 2.17. The highest BCUT2D eigenvalue weighted by atomic mass is 16.5. The second kappa shape index (κ2) is 5.90. The zero-order chi connectivity index (χ0) is 13.7. The normalized spacial score (nSPS) is 10.2. The zero-order valence-corrected chi connectivity index (χ0v) is 10.4. The molecule has 1 aromatic heterocycles. The van der Waals surface area contributed by atoms with Crippen LogP contribution >= 0.6 is 0 Å². The van der Waals surface area contributed by atoms with Crippen molar-refractivity contribution < 1.29 is 19.4 Å². The van der Waals surface area contributed by atoms with E-state index in [1.165, 1.54) is 10.7 Å². The van der Waals surface area contributed by atoms with Gasteiger partial charge in [0.15, 0.2) is 12.4 Å². The van der Waals surface area contributed by atoms with Crippen molar-refractivity contribution in [3.8, 4) is 11.5 Å². The fourth-order valence-electron chi connectivity index (χ4n) is 1.49. The quantitative estimate of drug-likeness (QED) is 0.862. The minimum atomic E-state index is -1.06. The van der Waals surface area contributed by atoms with Crippen molar-refractivity contribution in [3.05, 3.63) is 42.2 Å². The lowest BCUT2D eigenvalue weighted by molar-refractivity contribution is 0.0688. The molecule has 0 aliphatic heterocycles. The van der Waals surface area contributed by atoms with E-state index in [0.717, 1.165) is 5.75 Å². The van der Waals surface area contributed by atoms with Crippen molar-refractivity contribution in [2.24, 2.45) is 0 Å². The van der Waals surface area contributed by atoms with Gasteiger partial charge < -0.3 is 14.6 Å². The Bertz CT molecular complexity index is 548. The second-order valence-electron chi connectivity index (χ2n) is 3.72. The molecule has 0 aliphatic rings. The van der Waals surface area contributed by atoms with Gasteiger partial charge in [0.2, 0.25) is 0 Å². The van der Waals surface area contributed by atoms with Crippen molar-refractivity contribution in [1.29, 1.82) is 0 Å². The largest absolute Gasteiger partial charge is 0.494 e. The van der Waals surface area contributed by atoms with Gasteiger partial charge in [-0.3, -0.25) is 0 Å². The molecular weight excluding hydrogens is 248 g/mol. The predicted molar refractivity (Wildman–Crippen MR) is 67.4 cm³/mol. The number of carboxylic acid groups (broad SMARTS) is 1. The summed E-state index contributed by atoms with van der Waals surface area (Å²) in [5.41, 5.74) is -0.00436. The molecule has 1 aromatic carbocycles. The van der Waals surface area contributed by atoms with Crippen LogP contribution < -0.4 is 9.47 Å². The lowest BCUT2D eigenvalue weighted by Crippen LogP contribution is -2.07. The molecule has 0 saturated heterocycles. The monoisotopic (exact) mass is 262 g/mol. The summed E-state index contributed by atoms with van der Waals surface area (Å²) in [4.78, 5) is 10.7. The Hall–Kier alpha value is -2.50. The van der Waals surface area contributed by atoms with Crippen LogP contribution in [0.15, 0.2) is 36.5 Å². The van der Waals surface area contributed by atoms with E-state index in [0.29, 0.717) is 12.4 Å². The molecule has 0 aliphatic carbocycles. The molecular formula is C13H14N2O4. The van der Waals surface area contributed by atoms with Crippen LogP contribution in [-0.4, -0.2) is 27.5 Å². The summed E-state index contributed by atoms with van der Waals surface area (Å²) in [5, 5.41) is 12.6. The Kier molecular flexibility index (Phi) is 4.02. The number of nitrogens with zero attached hydrogens (tertiary/aromatic N) is 2. The van der Waals surface area contributed by atoms with Crippen LogP contribution in [0, 0.1) is 0 Å². The van der Waals surface area contributed by atoms with E-state index in [9.17, 15) is 4.79 Å². The Morgan fingerprint density at radius 1 is 1.21 bits per heavy atom. The number of ether oxygens (including phenoxy) is 2. The number of benzene rings is 1. The standard InChI is InChI=1S/C13H14N2O4/c1-2-18-10-3-5-11(6-4-10)19-9-15-8-7-12(14-15)13(16)17/h3-8H,2,9H2,1H3,(H,16,17). The van der Waals surface area contributed by atoms with Crippen LogP contribution in [0.1, 0.15) is 17.4 Å². The second-order valence-corrected chi connectivity index (χ2v) is 3.72. The first kappa shape index (κ1) is 12.9. The number of hydrogen-bond acceptors (Lipinski definition) is 4. The summed E-state index contributed by atoms with van der Waals surface area (Å²) in [6.07, 6.45) is 1.55. The molecule has 0 saturated carbocycles. The fourth-order valence-corrected chi connectivity index (χ4v) is 1.49. The van der Waals surface area contributed by atoms with Gasteiger partial charge in [0.1, 0.15) is 11.5 Å². The molecule has 19 heavy (non-hydrogen) atoms. The van der Waals surface area contributed by atoms with E-state index < -0.39 is 5.97 Å². The Morgan fingerprint density at radius 3 is 2.37 bits per heavy atom. The summed E-state index contributed by atoms with van der Waals surface area (Å²) in [6.45, 7) is 2.69. The highest BCUT2D eigenvalue weighted by Gasteiger charge is 2.06. The molecule has 2 rings (SSSR count). The summed E-state index contributed by atoms with van der Waals surface area (Å²) in [5.74, 6) is 0.387. The third-order valence-electron chi connectivity index (χ3n) is 2.36. The minimum absolute atomic E-state index is 0.00436. The van der Waals surface area contributed by atoms with Crippen molar-refractivity contribution >= 4 is 5.97 Å². The van der Waals surface area contributed by atoms with Gasteiger partial charge in [-0.1, -0.05) is 0 Å². The molecule has 1 N–H and O–H groups in total. The molecule has 6 nitrogen and oxygen atoms in total. The van der Waals surface area contributed by atoms with E-state index in [4.69, 9.17) is 14.6 Å². The number of carbonyl (C=O) groups is 1. The van der Waals surface area contributed by atoms with E-state index in [1.54, 1.807) is 18.3 Å². The third-order valence-corrected chi connectivity index (χ3v) is 2.36. The maximum Gasteiger partial charge on any atom is 0.356 e. The molecule has 1 heterocycles. The first-order chi connectivity index (χ1) is 9.19. The van der Waals surface area contributed by atoms with E-state index in [2.05, 4.69) is 5.10 Å². The van der Waals surface area contributed by atoms with Crippen LogP contribution in [0.3, 0.4) is 0 Å². The van der Waals surface area contributed by atoms with Gasteiger partial charge in [-0.15, -0.1) is 0 Å². The molecule has 0 spiro atoms. The van der Waals surface area contributed by atoms with Crippen LogP contribution in [-0.2, 0) is 6.73 Å². The highest BCUT2D eigenvalue weighted by molar-refractivity contribution is 5.84. The average Bonchev–Trinajstić information content (AvgIpc) is 2.87. The van der Waals surface area contributed by atoms with Gasteiger partial charge in [-0.25, -0.2) is 9.48 Å². The summed E-state index contributed by atoms with van der Waals surface area (Å²) in [6, 6.07) is 8.61. The SMILES string of the molecule is CCOc1ccc(OCn2ccc(C(=O)O)n2)cc1. The van der Waals surface area contributed by atoms with E-state index in [-0.39, 0.29) is 12.4 Å². The maximum atomic E-state index is 10.7. The van der Waals surface area contributed by atoms with Gasteiger partial charge in [0, 0.05) is 6.20 Å². The lowest BCUT2D eigenvalue weighted by Gasteiger charge is -2.07. The molecule has 100 valence electrons. The smallest absolute Gasteiger partial charge is 0.356 e. The van der Waals surface area contributed by atoms with Crippen molar-refractivity contribution in [1.82, 2.24) is 9.78 Å². The number of aromatic nitrogens is 2. The Labute approximate surface area is 110 Å². The molecule has 6 heteroatoms. The third kappa shape index (κ3) is 3.48. The van der Waals surface area contributed by atoms with Crippen molar-refractivity contribution in [2.75, 3.05) is 6.61 Å². The number of rotatable bonds is 6. The number of aromatic carboxylic acids is 1. The maximum absolute atomic E-state index is 10.7. The molecule has 2 aromatic rings. The van der Waals surface area contributed by atoms with Gasteiger partial charge in [-0.2, -0.15) is 5.10 Å². The average molecular weight is 262 g/mol. The Morgan fingerprint density at radius 2 is 1.84 bits per heavy atom. The first-order valence-electron chi connectivity index (χ1n) is 5.81. The van der Waals surface area contributed by atoms with Crippen LogP contribution in [0.5, 0.6) is 11.5 Å². The van der Waals surface area contributed by atoms with E-state index >= 15 is 0 Å². The summed E-state index contributed by atoms with van der Waals surface area (Å²) >= 11 is 0. The topological polar surface area (TPSA) is 73.6 Å². The first-order valence-corrected chi connectivity index (χ1v) is 5.81. The number of hydrogen-bond donors (Lipinski definition) is 1. The fraction of sp³-hybridized carbons (Fsp3) is 0.231. The van der Waals surface area contributed by atoms with Crippen LogP contribution in [0.25, 0.3) is 0 Å². The van der Waals surface area contributed by atoms with Gasteiger partial charge in [-0.05, 0) is 37.3 Å². The lowest BCUT2D eigenvalue weighted by atomic mass is 10.3.